The van der Waals surface area contributed by atoms with Gasteiger partial charge in [0.05, 0.1) is 6.10 Å². The summed E-state index contributed by atoms with van der Waals surface area (Å²) in [7, 11) is 0. The Kier molecular flexibility index (Phi) is 3.73. The minimum atomic E-state index is -0.0938. The number of aryl methyl sites for hydroxylation is 1. The van der Waals surface area contributed by atoms with Crippen molar-refractivity contribution in [3.05, 3.63) is 35.9 Å². The van der Waals surface area contributed by atoms with Crippen LogP contribution in [0.4, 0.5) is 0 Å². The van der Waals surface area contributed by atoms with E-state index in [4.69, 9.17) is 4.74 Å². The lowest BCUT2D eigenvalue weighted by Crippen LogP contribution is -2.10. The van der Waals surface area contributed by atoms with E-state index in [1.807, 2.05) is 18.2 Å². The topological polar surface area (TPSA) is 29.6 Å². The van der Waals surface area contributed by atoms with Crippen LogP contribution in [0.15, 0.2) is 30.3 Å². The van der Waals surface area contributed by atoms with E-state index >= 15 is 0 Å². The average molecular weight is 218 g/mol. The number of ketones is 1. The number of hydrogen-bond donors (Lipinski definition) is 0. The summed E-state index contributed by atoms with van der Waals surface area (Å²) >= 11 is 0. The van der Waals surface area contributed by atoms with Gasteiger partial charge in [-0.05, 0) is 18.4 Å². The van der Waals surface area contributed by atoms with Gasteiger partial charge in [-0.2, -0.15) is 0 Å². The number of carbonyl (C=O) groups excluding carboxylic acids is 1. The largest absolute Gasteiger partial charge is 0.361 e. The minimum Gasteiger partial charge on any atom is -0.361 e. The Labute approximate surface area is 96.6 Å². The summed E-state index contributed by atoms with van der Waals surface area (Å²) in [6.45, 7) is 2.12. The van der Waals surface area contributed by atoms with Gasteiger partial charge in [0, 0.05) is 6.42 Å². The number of carbonyl (C=O) groups is 1. The van der Waals surface area contributed by atoms with Crippen molar-refractivity contribution in [3.63, 3.8) is 0 Å². The summed E-state index contributed by atoms with van der Waals surface area (Å²) < 4.78 is 5.36. The van der Waals surface area contributed by atoms with Crippen molar-refractivity contribution >= 4 is 5.78 Å². The first kappa shape index (κ1) is 11.3. The highest BCUT2D eigenvalue weighted by molar-refractivity contribution is 5.86. The maximum atomic E-state index is 11.7. The molecule has 1 saturated heterocycles. The fourth-order valence-electron chi connectivity index (χ4n) is 1.98. The van der Waals surface area contributed by atoms with E-state index in [0.29, 0.717) is 6.42 Å². The summed E-state index contributed by atoms with van der Waals surface area (Å²) in [6, 6.07) is 10.1. The zero-order valence-electron chi connectivity index (χ0n) is 9.69. The average Bonchev–Trinajstić information content (AvgIpc) is 3.07. The summed E-state index contributed by atoms with van der Waals surface area (Å²) in [4.78, 5) is 11.7. The van der Waals surface area contributed by atoms with Gasteiger partial charge in [-0.25, -0.2) is 0 Å². The van der Waals surface area contributed by atoms with E-state index in [9.17, 15) is 4.79 Å². The third-order valence-electron chi connectivity index (χ3n) is 2.98. The fraction of sp³-hybridized carbons (Fsp3) is 0.500. The fourth-order valence-corrected chi connectivity index (χ4v) is 1.98. The van der Waals surface area contributed by atoms with Crippen LogP contribution in [0.2, 0.25) is 0 Å². The van der Waals surface area contributed by atoms with E-state index in [-0.39, 0.29) is 18.0 Å². The second-order valence-corrected chi connectivity index (χ2v) is 4.34. The third kappa shape index (κ3) is 2.92. The van der Waals surface area contributed by atoms with Crippen LogP contribution in [-0.4, -0.2) is 18.0 Å². The van der Waals surface area contributed by atoms with E-state index in [0.717, 1.165) is 19.3 Å². The molecule has 0 saturated carbocycles. The molecule has 2 heteroatoms. The van der Waals surface area contributed by atoms with E-state index < -0.39 is 0 Å². The Morgan fingerprint density at radius 2 is 2.06 bits per heavy atom. The smallest absolute Gasteiger partial charge is 0.164 e. The highest BCUT2D eigenvalue weighted by Crippen LogP contribution is 2.28. The van der Waals surface area contributed by atoms with Crippen molar-refractivity contribution in [1.82, 2.24) is 0 Å². The molecule has 0 unspecified atom stereocenters. The first-order chi connectivity index (χ1) is 7.81. The summed E-state index contributed by atoms with van der Waals surface area (Å²) in [6.07, 6.45) is 3.67. The monoisotopic (exact) mass is 218 g/mol. The highest BCUT2D eigenvalue weighted by Gasteiger charge is 2.42. The summed E-state index contributed by atoms with van der Waals surface area (Å²) in [5, 5.41) is 0. The normalized spacial score (nSPS) is 23.1. The first-order valence-corrected chi connectivity index (χ1v) is 6.03. The molecular formula is C14H18O2. The van der Waals surface area contributed by atoms with Crippen LogP contribution < -0.4 is 0 Å². The summed E-state index contributed by atoms with van der Waals surface area (Å²) in [5.41, 5.74) is 1.23. The van der Waals surface area contributed by atoms with E-state index in [1.54, 1.807) is 0 Å². The number of benzene rings is 1. The lowest BCUT2D eigenvalue weighted by Gasteiger charge is -1.98. The molecule has 1 aliphatic rings. The molecule has 0 N–H and O–H groups in total. The molecule has 1 fully saturated rings. The van der Waals surface area contributed by atoms with Crippen molar-refractivity contribution in [1.29, 1.82) is 0 Å². The Hall–Kier alpha value is -1.15. The van der Waals surface area contributed by atoms with Crippen LogP contribution in [0.1, 0.15) is 31.7 Å². The number of hydrogen-bond acceptors (Lipinski definition) is 2. The maximum Gasteiger partial charge on any atom is 0.164 e. The second kappa shape index (κ2) is 5.26. The molecule has 2 atom stereocenters. The lowest BCUT2D eigenvalue weighted by atomic mass is 10.0. The predicted molar refractivity (Wildman–Crippen MR) is 63.3 cm³/mol. The van der Waals surface area contributed by atoms with Crippen LogP contribution in [0.5, 0.6) is 0 Å². The van der Waals surface area contributed by atoms with E-state index in [2.05, 4.69) is 19.1 Å². The molecule has 0 bridgehead atoms. The molecule has 1 heterocycles. The molecule has 0 aromatic heterocycles. The molecule has 16 heavy (non-hydrogen) atoms. The SMILES string of the molecule is CCC[C@H]1O[C@H]1C(=O)CCc1ccccc1. The van der Waals surface area contributed by atoms with Crippen LogP contribution in [0, 0.1) is 0 Å². The van der Waals surface area contributed by atoms with Crippen LogP contribution in [0.3, 0.4) is 0 Å². The van der Waals surface area contributed by atoms with Gasteiger partial charge in [0.15, 0.2) is 5.78 Å². The van der Waals surface area contributed by atoms with Crippen molar-refractivity contribution < 1.29 is 9.53 Å². The number of epoxide rings is 1. The Morgan fingerprint density at radius 3 is 2.75 bits per heavy atom. The number of Topliss-reactive ketones (excluding diaryl/α,β-unsaturated/α-hetero) is 1. The van der Waals surface area contributed by atoms with Gasteiger partial charge in [0.1, 0.15) is 6.10 Å². The minimum absolute atomic E-state index is 0.0938. The molecule has 0 radical (unpaired) electrons. The van der Waals surface area contributed by atoms with Gasteiger partial charge in [-0.15, -0.1) is 0 Å². The maximum absolute atomic E-state index is 11.7. The van der Waals surface area contributed by atoms with Crippen molar-refractivity contribution in [2.45, 2.75) is 44.8 Å². The van der Waals surface area contributed by atoms with Gasteiger partial charge < -0.3 is 4.74 Å². The third-order valence-corrected chi connectivity index (χ3v) is 2.98. The quantitative estimate of drug-likeness (QED) is 0.687. The zero-order chi connectivity index (χ0) is 11.4. The molecule has 86 valence electrons. The van der Waals surface area contributed by atoms with E-state index in [1.165, 1.54) is 5.56 Å². The molecular weight excluding hydrogens is 200 g/mol. The standard InChI is InChI=1S/C14H18O2/c1-2-6-13-14(16-13)12(15)10-9-11-7-4-3-5-8-11/h3-5,7-8,13-14H,2,6,9-10H2,1H3/t13-,14+/m1/s1. The Morgan fingerprint density at radius 1 is 1.31 bits per heavy atom. The summed E-state index contributed by atoms with van der Waals surface area (Å²) in [5.74, 6) is 0.266. The van der Waals surface area contributed by atoms with Crippen molar-refractivity contribution in [2.75, 3.05) is 0 Å². The molecule has 0 spiro atoms. The molecule has 2 rings (SSSR count). The van der Waals surface area contributed by atoms with Gasteiger partial charge in [0.2, 0.25) is 0 Å². The van der Waals surface area contributed by atoms with Gasteiger partial charge in [0.25, 0.3) is 0 Å². The Balaban J connectivity index is 1.73. The van der Waals surface area contributed by atoms with Gasteiger partial charge in [-0.3, -0.25) is 4.79 Å². The molecule has 1 aromatic carbocycles. The second-order valence-electron chi connectivity index (χ2n) is 4.34. The molecule has 1 aliphatic heterocycles. The Bertz CT molecular complexity index is 345. The molecule has 0 aliphatic carbocycles. The van der Waals surface area contributed by atoms with Crippen molar-refractivity contribution in [2.24, 2.45) is 0 Å². The van der Waals surface area contributed by atoms with Gasteiger partial charge >= 0.3 is 0 Å². The number of rotatable bonds is 6. The molecule has 2 nitrogen and oxygen atoms in total. The first-order valence-electron chi connectivity index (χ1n) is 6.03. The van der Waals surface area contributed by atoms with Gasteiger partial charge in [-0.1, -0.05) is 43.7 Å². The highest BCUT2D eigenvalue weighted by atomic mass is 16.6. The van der Waals surface area contributed by atoms with Crippen molar-refractivity contribution in [3.8, 4) is 0 Å². The van der Waals surface area contributed by atoms with Crippen LogP contribution in [0.25, 0.3) is 0 Å². The molecule has 0 amide bonds. The predicted octanol–water partition coefficient (Wildman–Crippen LogP) is 2.76. The zero-order valence-corrected chi connectivity index (χ0v) is 9.69. The number of ether oxygens (including phenoxy) is 1. The lowest BCUT2D eigenvalue weighted by molar-refractivity contribution is -0.120. The van der Waals surface area contributed by atoms with Crippen LogP contribution >= 0.6 is 0 Å². The van der Waals surface area contributed by atoms with Crippen LogP contribution in [-0.2, 0) is 16.0 Å². The molecule has 1 aromatic rings.